The monoisotopic (exact) mass is 255 g/mol. The molecule has 11 heavy (non-hydrogen) atoms. The van der Waals surface area contributed by atoms with E-state index < -0.39 is 15.6 Å². The van der Waals surface area contributed by atoms with Gasteiger partial charge in [0.15, 0.2) is 0 Å². The van der Waals surface area contributed by atoms with Crippen molar-refractivity contribution < 1.29 is 55.3 Å². The molecule has 0 unspecified atom stereocenters. The predicted octanol–water partition coefficient (Wildman–Crippen LogP) is -1.86. The molecular weight excluding hydrogens is 249 g/mol. The van der Waals surface area contributed by atoms with E-state index in [1.54, 1.807) is 0 Å². The minimum absolute atomic E-state index is 0. The molecule has 0 spiro atoms. The van der Waals surface area contributed by atoms with Crippen LogP contribution in [0.15, 0.2) is 0 Å². The summed E-state index contributed by atoms with van der Waals surface area (Å²) in [5.74, 6) is 0. The van der Waals surface area contributed by atoms with Gasteiger partial charge >= 0.3 is 32.4 Å². The zero-order valence-corrected chi connectivity index (χ0v) is 7.56. The molecule has 0 aromatic rings. The Morgan fingerprint density at radius 2 is 0.636 bits per heavy atom. The zero-order chi connectivity index (χ0) is 9.00. The first-order valence-electron chi connectivity index (χ1n) is 1.57. The van der Waals surface area contributed by atoms with E-state index in [-0.39, 0.29) is 16.8 Å². The molecule has 0 saturated heterocycles. The van der Waals surface area contributed by atoms with Gasteiger partial charge in [0.05, 0.1) is 0 Å². The van der Waals surface area contributed by atoms with Gasteiger partial charge in [0, 0.05) is 0 Å². The van der Waals surface area contributed by atoms with Crippen molar-refractivity contribution in [1.29, 1.82) is 0 Å². The molecule has 0 aromatic carbocycles. The van der Waals surface area contributed by atoms with Crippen LogP contribution in [0.4, 0.5) is 0 Å². The maximum Gasteiger partial charge on any atom is 2.00 e. The van der Waals surface area contributed by atoms with Crippen molar-refractivity contribution in [1.82, 2.24) is 0 Å². The van der Waals surface area contributed by atoms with Crippen LogP contribution >= 0.6 is 15.6 Å². The molecule has 0 saturated carbocycles. The SMILES string of the molecule is O=P(O)(O)O.O=P(O)(O)O.[Co+2]. The van der Waals surface area contributed by atoms with Gasteiger partial charge in [-0.25, -0.2) is 9.13 Å². The van der Waals surface area contributed by atoms with Gasteiger partial charge in [-0.2, -0.15) is 0 Å². The molecule has 0 aliphatic carbocycles. The molecule has 11 heteroatoms. The smallest absolute Gasteiger partial charge is 0.303 e. The summed E-state index contributed by atoms with van der Waals surface area (Å²) in [5, 5.41) is 0. The fourth-order valence-corrected chi connectivity index (χ4v) is 0. The number of hydrogen-bond acceptors (Lipinski definition) is 2. The Morgan fingerprint density at radius 3 is 0.636 bits per heavy atom. The van der Waals surface area contributed by atoms with Gasteiger partial charge in [-0.1, -0.05) is 0 Å². The van der Waals surface area contributed by atoms with Gasteiger partial charge in [0.1, 0.15) is 0 Å². The Morgan fingerprint density at radius 1 is 0.636 bits per heavy atom. The van der Waals surface area contributed by atoms with Crippen molar-refractivity contribution >= 4 is 15.6 Å². The van der Waals surface area contributed by atoms with Gasteiger partial charge < -0.3 is 29.4 Å². The Labute approximate surface area is 71.6 Å². The molecule has 0 aromatic heterocycles. The molecule has 0 aliphatic rings. The van der Waals surface area contributed by atoms with Crippen LogP contribution in [-0.4, -0.2) is 29.4 Å². The van der Waals surface area contributed by atoms with Crippen LogP contribution in [0.5, 0.6) is 0 Å². The first-order valence-corrected chi connectivity index (χ1v) is 4.70. The van der Waals surface area contributed by atoms with Crippen molar-refractivity contribution in [3.8, 4) is 0 Å². The topological polar surface area (TPSA) is 156 Å². The summed E-state index contributed by atoms with van der Waals surface area (Å²) in [7, 11) is -9.28. The van der Waals surface area contributed by atoms with Gasteiger partial charge in [0.25, 0.3) is 0 Å². The van der Waals surface area contributed by atoms with Crippen LogP contribution in [0.1, 0.15) is 0 Å². The Balaban J connectivity index is -0.000000107. The van der Waals surface area contributed by atoms with E-state index in [1.165, 1.54) is 0 Å². The summed E-state index contributed by atoms with van der Waals surface area (Å²) in [4.78, 5) is 43.1. The molecule has 0 bridgehead atoms. The van der Waals surface area contributed by atoms with Crippen molar-refractivity contribution in [2.45, 2.75) is 0 Å². The van der Waals surface area contributed by atoms with Gasteiger partial charge in [-0.3, -0.25) is 0 Å². The fraction of sp³-hybridized carbons (Fsp3) is 0. The quantitative estimate of drug-likeness (QED) is 0.275. The average molecular weight is 255 g/mol. The van der Waals surface area contributed by atoms with Crippen molar-refractivity contribution in [2.75, 3.05) is 0 Å². The summed E-state index contributed by atoms with van der Waals surface area (Å²) in [6, 6.07) is 0. The van der Waals surface area contributed by atoms with E-state index in [4.69, 9.17) is 38.5 Å². The van der Waals surface area contributed by atoms with Crippen molar-refractivity contribution in [2.24, 2.45) is 0 Å². The van der Waals surface area contributed by atoms with Crippen LogP contribution in [0, 0.1) is 0 Å². The Bertz CT molecular complexity index is 124. The first-order chi connectivity index (χ1) is 4.00. The average Bonchev–Trinajstić information content (AvgIpc) is 1.12. The minimum atomic E-state index is -4.64. The second-order valence-electron chi connectivity index (χ2n) is 1.03. The Hall–Kier alpha value is 0.726. The van der Waals surface area contributed by atoms with Crippen LogP contribution < -0.4 is 0 Å². The largest absolute Gasteiger partial charge is 2.00 e. The van der Waals surface area contributed by atoms with E-state index in [2.05, 4.69) is 0 Å². The maximum atomic E-state index is 8.88. The molecule has 0 fully saturated rings. The van der Waals surface area contributed by atoms with Crippen LogP contribution in [0.3, 0.4) is 0 Å². The molecule has 0 heterocycles. The zero-order valence-electron chi connectivity index (χ0n) is 4.73. The Kier molecular flexibility index (Phi) is 10.1. The number of phosphoric acid groups is 2. The van der Waals surface area contributed by atoms with E-state index in [1.807, 2.05) is 0 Å². The molecule has 8 nitrogen and oxygen atoms in total. The summed E-state index contributed by atoms with van der Waals surface area (Å²) >= 11 is 0. The standard InChI is InChI=1S/Co.2H3O4P/c;2*1-5(2,3)4/h;2*(H3,1,2,3,4)/q+2;;. The van der Waals surface area contributed by atoms with Crippen molar-refractivity contribution in [3.05, 3.63) is 0 Å². The second-order valence-corrected chi connectivity index (χ2v) is 3.08. The van der Waals surface area contributed by atoms with E-state index in [9.17, 15) is 0 Å². The molecule has 0 atom stereocenters. The molecule has 71 valence electrons. The van der Waals surface area contributed by atoms with Crippen LogP contribution in [0.25, 0.3) is 0 Å². The summed E-state index contributed by atoms with van der Waals surface area (Å²) in [6.07, 6.45) is 0. The maximum absolute atomic E-state index is 8.88. The second kappa shape index (κ2) is 6.27. The summed E-state index contributed by atoms with van der Waals surface area (Å²) in [5.41, 5.74) is 0. The fourth-order valence-electron chi connectivity index (χ4n) is 0. The summed E-state index contributed by atoms with van der Waals surface area (Å²) in [6.45, 7) is 0. The third-order valence-electron chi connectivity index (χ3n) is 0. The minimum Gasteiger partial charge on any atom is -0.303 e. The summed E-state index contributed by atoms with van der Waals surface area (Å²) < 4.78 is 17.8. The van der Waals surface area contributed by atoms with Gasteiger partial charge in [0.2, 0.25) is 0 Å². The predicted molar refractivity (Wildman–Crippen MR) is 28.5 cm³/mol. The molecule has 0 rings (SSSR count). The third-order valence-corrected chi connectivity index (χ3v) is 0. The van der Waals surface area contributed by atoms with Crippen LogP contribution in [-0.2, 0) is 25.9 Å². The van der Waals surface area contributed by atoms with E-state index in [0.29, 0.717) is 0 Å². The first kappa shape index (κ1) is 17.7. The van der Waals surface area contributed by atoms with E-state index in [0.717, 1.165) is 0 Å². The van der Waals surface area contributed by atoms with E-state index >= 15 is 0 Å². The molecule has 0 amide bonds. The van der Waals surface area contributed by atoms with Gasteiger partial charge in [-0.15, -0.1) is 0 Å². The molecular formula is H6CoO8P2+2. The number of rotatable bonds is 0. The molecule has 6 N–H and O–H groups in total. The third kappa shape index (κ3) is 1550. The molecule has 0 aliphatic heterocycles. The van der Waals surface area contributed by atoms with Crippen molar-refractivity contribution in [3.63, 3.8) is 0 Å². The van der Waals surface area contributed by atoms with Gasteiger partial charge in [-0.05, 0) is 0 Å². The number of hydrogen-bond donors (Lipinski definition) is 6. The normalized spacial score (nSPS) is 10.7. The van der Waals surface area contributed by atoms with Crippen LogP contribution in [0.2, 0.25) is 0 Å². The molecule has 1 radical (unpaired) electrons.